The summed E-state index contributed by atoms with van der Waals surface area (Å²) in [7, 11) is 2.13. The summed E-state index contributed by atoms with van der Waals surface area (Å²) in [6, 6.07) is 2.53. The van der Waals surface area contributed by atoms with Crippen molar-refractivity contribution in [2.45, 2.75) is 25.8 Å². The molecule has 0 spiro atoms. The lowest BCUT2D eigenvalue weighted by atomic mass is 10.0. The highest BCUT2D eigenvalue weighted by Gasteiger charge is 2.43. The number of likely N-dealkylation sites (tertiary alicyclic amines) is 1. The molecule has 3 heterocycles. The van der Waals surface area contributed by atoms with Crippen LogP contribution in [0.5, 0.6) is 0 Å². The number of fused-ring (bicyclic) bond motifs is 2. The van der Waals surface area contributed by atoms with Gasteiger partial charge in [-0.3, -0.25) is 4.79 Å². The number of hydrogen-bond donors (Lipinski definition) is 1. The summed E-state index contributed by atoms with van der Waals surface area (Å²) in [5.74, 6) is 2.49. The Kier molecular flexibility index (Phi) is 3.06. The van der Waals surface area contributed by atoms with Crippen LogP contribution in [0, 0.1) is 11.8 Å². The minimum Gasteiger partial charge on any atom is -0.356 e. The van der Waals surface area contributed by atoms with Gasteiger partial charge in [0, 0.05) is 39.3 Å². The first-order valence-corrected chi connectivity index (χ1v) is 7.90. The summed E-state index contributed by atoms with van der Waals surface area (Å²) in [6.07, 6.45) is 5.81. The Morgan fingerprint density at radius 2 is 2.05 bits per heavy atom. The van der Waals surface area contributed by atoms with Gasteiger partial charge in [0.15, 0.2) is 0 Å². The molecule has 2 fully saturated rings. The van der Waals surface area contributed by atoms with Crippen LogP contribution in [0.25, 0.3) is 11.0 Å². The average Bonchev–Trinajstić information content (AvgIpc) is 3.18. The third-order valence-electron chi connectivity index (χ3n) is 5.39. The molecule has 3 atom stereocenters. The molecule has 1 aliphatic heterocycles. The Balaban J connectivity index is 1.53. The van der Waals surface area contributed by atoms with E-state index in [0.29, 0.717) is 17.9 Å². The highest BCUT2D eigenvalue weighted by Crippen LogP contribution is 2.41. The number of carbonyl (C=O) groups excluding carboxylic acids is 1. The topological polar surface area (TPSA) is 65.1 Å². The highest BCUT2D eigenvalue weighted by atomic mass is 16.2. The molecule has 6 heteroatoms. The number of amides is 1. The fourth-order valence-electron chi connectivity index (χ4n) is 4.15. The zero-order valence-corrected chi connectivity index (χ0v) is 13.0. The molecule has 1 amide bonds. The first-order valence-electron chi connectivity index (χ1n) is 7.90. The van der Waals surface area contributed by atoms with E-state index in [2.05, 4.69) is 26.9 Å². The second-order valence-electron chi connectivity index (χ2n) is 6.62. The molecule has 1 aliphatic carbocycles. The number of anilines is 1. The van der Waals surface area contributed by atoms with Gasteiger partial charge in [0.05, 0.1) is 5.39 Å². The Morgan fingerprint density at radius 1 is 1.32 bits per heavy atom. The molecule has 6 nitrogen and oxygen atoms in total. The summed E-state index contributed by atoms with van der Waals surface area (Å²) in [5.41, 5.74) is 0.887. The van der Waals surface area contributed by atoms with E-state index < -0.39 is 0 Å². The molecule has 2 aliphatic rings. The van der Waals surface area contributed by atoms with Crippen LogP contribution < -0.4 is 4.90 Å². The molecular formula is C16H21N5O. The number of nitrogens with one attached hydrogen (secondary N) is 1. The van der Waals surface area contributed by atoms with Gasteiger partial charge in [0.1, 0.15) is 17.8 Å². The number of nitrogens with zero attached hydrogens (tertiary/aromatic N) is 4. The van der Waals surface area contributed by atoms with E-state index in [4.69, 9.17) is 0 Å². The number of aromatic nitrogens is 3. The van der Waals surface area contributed by atoms with Gasteiger partial charge in [-0.25, -0.2) is 9.97 Å². The van der Waals surface area contributed by atoms with Crippen LogP contribution in [0.4, 0.5) is 5.82 Å². The van der Waals surface area contributed by atoms with E-state index >= 15 is 0 Å². The Morgan fingerprint density at radius 3 is 2.73 bits per heavy atom. The van der Waals surface area contributed by atoms with Crippen molar-refractivity contribution < 1.29 is 4.79 Å². The summed E-state index contributed by atoms with van der Waals surface area (Å²) in [6.45, 7) is 3.52. The van der Waals surface area contributed by atoms with Crippen LogP contribution in [0.3, 0.4) is 0 Å². The minimum atomic E-state index is 0.212. The number of carbonyl (C=O) groups is 1. The summed E-state index contributed by atoms with van der Waals surface area (Å²) >= 11 is 0. The second-order valence-corrected chi connectivity index (χ2v) is 6.62. The molecule has 22 heavy (non-hydrogen) atoms. The molecule has 4 rings (SSSR count). The van der Waals surface area contributed by atoms with Gasteiger partial charge in [-0.2, -0.15) is 0 Å². The fourth-order valence-corrected chi connectivity index (χ4v) is 4.15. The van der Waals surface area contributed by atoms with E-state index in [9.17, 15) is 4.79 Å². The van der Waals surface area contributed by atoms with Crippen molar-refractivity contribution in [3.05, 3.63) is 18.6 Å². The zero-order chi connectivity index (χ0) is 15.3. The number of H-pyrrole nitrogens is 1. The van der Waals surface area contributed by atoms with E-state index in [1.54, 1.807) is 13.3 Å². The molecule has 0 radical (unpaired) electrons. The fraction of sp³-hybridized carbons (Fsp3) is 0.562. The van der Waals surface area contributed by atoms with Gasteiger partial charge in [-0.05, 0) is 30.7 Å². The first-order chi connectivity index (χ1) is 10.6. The van der Waals surface area contributed by atoms with E-state index in [0.717, 1.165) is 42.8 Å². The third kappa shape index (κ3) is 2.05. The van der Waals surface area contributed by atoms with Crippen molar-refractivity contribution in [2.75, 3.05) is 25.0 Å². The van der Waals surface area contributed by atoms with Crippen LogP contribution in [0.1, 0.15) is 19.8 Å². The smallest absolute Gasteiger partial charge is 0.219 e. The SMILES string of the molecule is CC(=O)N1CC2C[C@H](N(C)c3ncnc4[nH]ccc34)C[C@H]2C1. The average molecular weight is 299 g/mol. The molecular weight excluding hydrogens is 278 g/mol. The molecule has 2 aromatic heterocycles. The summed E-state index contributed by atoms with van der Waals surface area (Å²) in [4.78, 5) is 27.7. The zero-order valence-electron chi connectivity index (χ0n) is 13.0. The van der Waals surface area contributed by atoms with Crippen molar-refractivity contribution in [1.82, 2.24) is 19.9 Å². The second kappa shape index (κ2) is 4.97. The lowest BCUT2D eigenvalue weighted by Gasteiger charge is -2.27. The molecule has 2 aromatic rings. The van der Waals surface area contributed by atoms with Gasteiger partial charge in [-0.15, -0.1) is 0 Å². The van der Waals surface area contributed by atoms with Gasteiger partial charge >= 0.3 is 0 Å². The predicted octanol–water partition coefficient (Wildman–Crippen LogP) is 1.65. The molecule has 0 aromatic carbocycles. The first kappa shape index (κ1) is 13.5. The maximum atomic E-state index is 11.5. The van der Waals surface area contributed by atoms with Gasteiger partial charge in [-0.1, -0.05) is 0 Å². The molecule has 1 saturated carbocycles. The Labute approximate surface area is 129 Å². The highest BCUT2D eigenvalue weighted by molar-refractivity contribution is 5.87. The summed E-state index contributed by atoms with van der Waals surface area (Å²) in [5, 5.41) is 1.08. The summed E-state index contributed by atoms with van der Waals surface area (Å²) < 4.78 is 0. The lowest BCUT2D eigenvalue weighted by Crippen LogP contribution is -2.33. The molecule has 1 saturated heterocycles. The predicted molar refractivity (Wildman–Crippen MR) is 84.5 cm³/mol. The Hall–Kier alpha value is -2.11. The third-order valence-corrected chi connectivity index (χ3v) is 5.39. The quantitative estimate of drug-likeness (QED) is 0.916. The minimum absolute atomic E-state index is 0.212. The molecule has 116 valence electrons. The van der Waals surface area contributed by atoms with E-state index in [-0.39, 0.29) is 5.91 Å². The normalized spacial score (nSPS) is 27.4. The lowest BCUT2D eigenvalue weighted by molar-refractivity contribution is -0.128. The van der Waals surface area contributed by atoms with Crippen LogP contribution >= 0.6 is 0 Å². The van der Waals surface area contributed by atoms with Crippen molar-refractivity contribution in [2.24, 2.45) is 11.8 Å². The van der Waals surface area contributed by atoms with E-state index in [1.807, 2.05) is 17.2 Å². The number of rotatable bonds is 2. The van der Waals surface area contributed by atoms with Crippen molar-refractivity contribution in [3.8, 4) is 0 Å². The molecule has 1 N–H and O–H groups in total. The largest absolute Gasteiger partial charge is 0.356 e. The van der Waals surface area contributed by atoms with E-state index in [1.165, 1.54) is 0 Å². The van der Waals surface area contributed by atoms with Crippen LogP contribution in [0.15, 0.2) is 18.6 Å². The van der Waals surface area contributed by atoms with Crippen LogP contribution in [-0.4, -0.2) is 51.9 Å². The monoisotopic (exact) mass is 299 g/mol. The van der Waals surface area contributed by atoms with Crippen molar-refractivity contribution >= 4 is 22.8 Å². The number of aromatic amines is 1. The van der Waals surface area contributed by atoms with Gasteiger partial charge < -0.3 is 14.8 Å². The molecule has 0 bridgehead atoms. The van der Waals surface area contributed by atoms with Crippen molar-refractivity contribution in [1.29, 1.82) is 0 Å². The van der Waals surface area contributed by atoms with Gasteiger partial charge in [0.2, 0.25) is 5.91 Å². The van der Waals surface area contributed by atoms with Crippen molar-refractivity contribution in [3.63, 3.8) is 0 Å². The maximum absolute atomic E-state index is 11.5. The number of hydrogen-bond acceptors (Lipinski definition) is 4. The maximum Gasteiger partial charge on any atom is 0.219 e. The molecule has 1 unspecified atom stereocenters. The van der Waals surface area contributed by atoms with Crippen LogP contribution in [0.2, 0.25) is 0 Å². The van der Waals surface area contributed by atoms with Crippen LogP contribution in [-0.2, 0) is 4.79 Å². The van der Waals surface area contributed by atoms with Gasteiger partial charge in [0.25, 0.3) is 0 Å². The standard InChI is InChI=1S/C16H21N5O/c1-10(22)21-7-11-5-13(6-12(11)8-21)20(2)16-14-3-4-17-15(14)18-9-19-16/h3-4,9,11-13H,5-8H2,1-2H3,(H,17,18,19)/t11-,12?,13+/m0/s1. The Bertz CT molecular complexity index is 697.